The summed E-state index contributed by atoms with van der Waals surface area (Å²) < 4.78 is 24.1. The summed E-state index contributed by atoms with van der Waals surface area (Å²) in [5.41, 5.74) is 10.6. The molecule has 0 saturated carbocycles. The molecular weight excluding hydrogens is 1400 g/mol. The van der Waals surface area contributed by atoms with E-state index in [1.807, 2.05) is 234 Å². The molecule has 2 aliphatic heterocycles. The van der Waals surface area contributed by atoms with E-state index in [0.29, 0.717) is 0 Å². The van der Waals surface area contributed by atoms with Gasteiger partial charge in [-0.15, -0.1) is 144 Å². The van der Waals surface area contributed by atoms with Crippen LogP contribution < -0.4 is 10.9 Å². The van der Waals surface area contributed by atoms with E-state index in [4.69, 9.17) is 28.8 Å². The van der Waals surface area contributed by atoms with Crippen molar-refractivity contribution in [3.63, 3.8) is 0 Å². The molecule has 2 fully saturated rings. The van der Waals surface area contributed by atoms with E-state index < -0.39 is 0 Å². The van der Waals surface area contributed by atoms with Gasteiger partial charge in [0.1, 0.15) is 0 Å². The molecule has 5 aromatic heterocycles. The van der Waals surface area contributed by atoms with Crippen LogP contribution in [0, 0.1) is 24.3 Å². The molecule has 0 unspecified atom stereocenters. The zero-order valence-electron chi connectivity index (χ0n) is 49.1. The molecule has 436 valence electrons. The van der Waals surface area contributed by atoms with Crippen LogP contribution in [0.15, 0.2) is 237 Å². The van der Waals surface area contributed by atoms with Gasteiger partial charge in [0, 0.05) is 96.4 Å². The summed E-state index contributed by atoms with van der Waals surface area (Å²) in [4.78, 5) is 21.7. The van der Waals surface area contributed by atoms with E-state index in [-0.39, 0.29) is 76.9 Å². The van der Waals surface area contributed by atoms with E-state index in [1.165, 1.54) is 0 Å². The molecule has 2 saturated heterocycles. The van der Waals surface area contributed by atoms with Gasteiger partial charge in [0.2, 0.25) is 0 Å². The zero-order valence-corrected chi connectivity index (χ0v) is 53.9. The Balaban J connectivity index is 0.000000226. The Kier molecular flexibility index (Phi) is 28.7. The minimum absolute atomic E-state index is 0. The van der Waals surface area contributed by atoms with Crippen molar-refractivity contribution in [3.05, 3.63) is 262 Å². The van der Waals surface area contributed by atoms with Crippen LogP contribution >= 0.6 is 0 Å². The Morgan fingerprint density at radius 1 is 0.310 bits per heavy atom. The molecule has 0 spiro atoms. The monoisotopic (exact) mass is 1470 g/mol. The molecule has 0 bridgehead atoms. The van der Waals surface area contributed by atoms with Gasteiger partial charge in [0.05, 0.1) is 28.1 Å². The van der Waals surface area contributed by atoms with Gasteiger partial charge >= 0.3 is 14.2 Å². The van der Waals surface area contributed by atoms with E-state index in [1.54, 1.807) is 18.6 Å². The second-order valence-corrected chi connectivity index (χ2v) is 20.2. The third kappa shape index (κ3) is 20.1. The molecule has 2 aliphatic rings. The number of rotatable bonds is 7. The molecule has 2 N–H and O–H groups in total. The van der Waals surface area contributed by atoms with Crippen LogP contribution in [0.5, 0.6) is 0 Å². The zero-order chi connectivity index (χ0) is 58.9. The van der Waals surface area contributed by atoms with Crippen molar-refractivity contribution < 1.29 is 69.0 Å². The summed E-state index contributed by atoms with van der Waals surface area (Å²) in [6, 6.07) is 79.6. The molecule has 5 aromatic carbocycles. The molecular formula is C69H71B2Ir2N5O6-4. The van der Waals surface area contributed by atoms with Crippen LogP contribution in [0.2, 0.25) is 0 Å². The fraction of sp³-hybridized carbons (Fsp3) is 0.203. The summed E-state index contributed by atoms with van der Waals surface area (Å²) in [7, 11) is 1.28. The summed E-state index contributed by atoms with van der Waals surface area (Å²) in [6.07, 6.45) is 9.02. The maximum Gasteiger partial charge on any atom is 0.496 e. The molecule has 0 atom stereocenters. The Bertz CT molecular complexity index is 2900. The smallest absolute Gasteiger partial charge is 0.400 e. The van der Waals surface area contributed by atoms with Crippen molar-refractivity contribution in [2.45, 2.75) is 77.8 Å². The fourth-order valence-corrected chi connectivity index (χ4v) is 7.76. The number of benzene rings is 5. The maximum atomic E-state index is 7.00. The first-order chi connectivity index (χ1) is 39.7. The molecule has 10 aromatic rings. The molecule has 84 heavy (non-hydrogen) atoms. The minimum atomic E-state index is -0.365. The first-order valence-corrected chi connectivity index (χ1v) is 26.9. The standard InChI is InChI=1S/C17H20BNO2.C17H19BNO2.3C11H8N.2CH4O.2Ir/c2*1-16(2)17(3,4)21-18(20-16)14-10-11-15(19-12-14)13-8-6-5-7-9-13;3*1-2-6-10(7-3-1)11-8-4-5-9-12-11;2*1-2;;/h5-12H,1-4H3;5-8,10-12H,1-4H3;3*1-6,8-9H;2*2H,1H3;;/q;4*-1;;;;. The summed E-state index contributed by atoms with van der Waals surface area (Å²) in [5.74, 6) is 0. The third-order valence-electron chi connectivity index (χ3n) is 13.6. The average molecular weight is 1470 g/mol. The van der Waals surface area contributed by atoms with Crippen molar-refractivity contribution in [2.75, 3.05) is 14.2 Å². The normalized spacial score (nSPS) is 14.1. The van der Waals surface area contributed by atoms with Crippen LogP contribution in [0.25, 0.3) is 56.3 Å². The molecule has 15 heteroatoms. The predicted octanol–water partition coefficient (Wildman–Crippen LogP) is 12.8. The predicted molar refractivity (Wildman–Crippen MR) is 331 cm³/mol. The van der Waals surface area contributed by atoms with Crippen molar-refractivity contribution in [1.29, 1.82) is 0 Å². The topological polar surface area (TPSA) is 142 Å². The summed E-state index contributed by atoms with van der Waals surface area (Å²) >= 11 is 0. The first kappa shape index (κ1) is 69.5. The molecule has 2 radical (unpaired) electrons. The van der Waals surface area contributed by atoms with Gasteiger partial charge in [-0.2, -0.15) is 0 Å². The average Bonchev–Trinajstić information content (AvgIpc) is 4.00. The molecule has 0 aliphatic carbocycles. The number of aliphatic hydroxyl groups excluding tert-OH is 2. The van der Waals surface area contributed by atoms with Gasteiger partial charge in [0.25, 0.3) is 0 Å². The number of hydrogen-bond acceptors (Lipinski definition) is 11. The van der Waals surface area contributed by atoms with Gasteiger partial charge in [0.15, 0.2) is 0 Å². The van der Waals surface area contributed by atoms with Crippen molar-refractivity contribution in [2.24, 2.45) is 0 Å². The van der Waals surface area contributed by atoms with Crippen molar-refractivity contribution in [1.82, 2.24) is 24.9 Å². The van der Waals surface area contributed by atoms with E-state index in [9.17, 15) is 0 Å². The van der Waals surface area contributed by atoms with Gasteiger partial charge in [-0.1, -0.05) is 84.9 Å². The largest absolute Gasteiger partial charge is 0.496 e. The van der Waals surface area contributed by atoms with Crippen LogP contribution in [0.3, 0.4) is 0 Å². The van der Waals surface area contributed by atoms with Crippen LogP contribution in [-0.2, 0) is 58.8 Å². The molecule has 7 heterocycles. The first-order valence-electron chi connectivity index (χ1n) is 26.9. The van der Waals surface area contributed by atoms with Gasteiger partial charge in [-0.05, 0) is 108 Å². The van der Waals surface area contributed by atoms with E-state index >= 15 is 0 Å². The molecule has 12 rings (SSSR count). The van der Waals surface area contributed by atoms with Crippen molar-refractivity contribution in [3.8, 4) is 56.3 Å². The summed E-state index contributed by atoms with van der Waals surface area (Å²) in [5, 5.41) is 14.0. The Morgan fingerprint density at radius 2 is 0.583 bits per heavy atom. The third-order valence-corrected chi connectivity index (χ3v) is 13.6. The molecule has 0 amide bonds. The maximum absolute atomic E-state index is 7.00. The number of aromatic nitrogens is 5. The Hall–Kier alpha value is -6.96. The van der Waals surface area contributed by atoms with Crippen LogP contribution in [-0.4, -0.2) is 86.0 Å². The minimum Gasteiger partial charge on any atom is -0.400 e. The Labute approximate surface area is 525 Å². The van der Waals surface area contributed by atoms with Gasteiger partial charge in [-0.25, -0.2) is 0 Å². The van der Waals surface area contributed by atoms with E-state index in [0.717, 1.165) is 81.4 Å². The number of pyridine rings is 5. The quantitative estimate of drug-likeness (QED) is 0.116. The SMILES string of the molecule is CC1(C)OB(c2ccc(-c3[c-]cccc3)nc2)OC1(C)C.CC1(C)OB(c2ccc(-c3ccccc3)nc2)OC1(C)C.CO.CO.[Ir].[Ir].[c-]1ccccc1-c1ccccn1.[c-]1ccccc1-c1ccccn1.[c-]1ccccc1-c1ccccn1. The van der Waals surface area contributed by atoms with Crippen LogP contribution in [0.4, 0.5) is 0 Å². The van der Waals surface area contributed by atoms with Gasteiger partial charge < -0.3 is 48.8 Å². The number of nitrogens with zero attached hydrogens (tertiary/aromatic N) is 5. The molecule has 11 nitrogen and oxygen atoms in total. The second-order valence-electron chi connectivity index (χ2n) is 20.2. The van der Waals surface area contributed by atoms with Crippen molar-refractivity contribution >= 4 is 25.2 Å². The number of aliphatic hydroxyl groups is 2. The number of hydrogen-bond donors (Lipinski definition) is 2. The second kappa shape index (κ2) is 34.7. The van der Waals surface area contributed by atoms with E-state index in [2.05, 4.69) is 89.0 Å². The van der Waals surface area contributed by atoms with Gasteiger partial charge in [-0.3, -0.25) is 4.98 Å². The van der Waals surface area contributed by atoms with Crippen LogP contribution in [0.1, 0.15) is 55.4 Å². The fourth-order valence-electron chi connectivity index (χ4n) is 7.76. The summed E-state index contributed by atoms with van der Waals surface area (Å²) in [6.45, 7) is 16.4. The Morgan fingerprint density at radius 3 is 0.833 bits per heavy atom.